The minimum Gasteiger partial charge on any atom is -0.493 e. The van der Waals surface area contributed by atoms with Gasteiger partial charge in [0.1, 0.15) is 11.4 Å². The molecular formula is C19H15F3N4O4S. The Balaban J connectivity index is 1.58. The Morgan fingerprint density at radius 3 is 2.71 bits per heavy atom. The van der Waals surface area contributed by atoms with Crippen LogP contribution in [-0.2, 0) is 17.5 Å². The Morgan fingerprint density at radius 2 is 2.06 bits per heavy atom. The van der Waals surface area contributed by atoms with Crippen molar-refractivity contribution >= 4 is 29.4 Å². The van der Waals surface area contributed by atoms with Crippen LogP contribution in [0.3, 0.4) is 0 Å². The molecule has 0 fully saturated rings. The number of halogens is 3. The molecule has 0 aliphatic heterocycles. The van der Waals surface area contributed by atoms with Crippen LogP contribution in [0.25, 0.3) is 0 Å². The summed E-state index contributed by atoms with van der Waals surface area (Å²) in [7, 11) is 1.40. The fourth-order valence-corrected chi connectivity index (χ4v) is 2.95. The highest BCUT2D eigenvalue weighted by atomic mass is 32.1. The number of ether oxygens (including phenoxy) is 2. The predicted octanol–water partition coefficient (Wildman–Crippen LogP) is 3.34. The number of alkyl halides is 3. The molecule has 31 heavy (non-hydrogen) atoms. The van der Waals surface area contributed by atoms with E-state index in [2.05, 4.69) is 15.6 Å². The Hall–Kier alpha value is -3.67. The van der Waals surface area contributed by atoms with E-state index in [0.29, 0.717) is 10.4 Å². The van der Waals surface area contributed by atoms with Crippen LogP contribution >= 0.6 is 11.3 Å². The van der Waals surface area contributed by atoms with Gasteiger partial charge in [0.05, 0.1) is 13.3 Å². The summed E-state index contributed by atoms with van der Waals surface area (Å²) >= 11 is 1.25. The summed E-state index contributed by atoms with van der Waals surface area (Å²) in [5.74, 6) is -0.700. The Labute approximate surface area is 177 Å². The van der Waals surface area contributed by atoms with Gasteiger partial charge in [0.15, 0.2) is 17.2 Å². The number of aromatic nitrogens is 2. The van der Waals surface area contributed by atoms with E-state index in [4.69, 9.17) is 9.47 Å². The molecule has 0 aliphatic carbocycles. The molecule has 0 aliphatic rings. The van der Waals surface area contributed by atoms with Crippen LogP contribution in [0.4, 0.5) is 13.2 Å². The van der Waals surface area contributed by atoms with Crippen molar-refractivity contribution in [3.63, 3.8) is 0 Å². The number of hydrogen-bond acceptors (Lipinski definition) is 7. The smallest absolute Gasteiger partial charge is 0.435 e. The highest BCUT2D eigenvalue weighted by molar-refractivity contribution is 7.12. The fourth-order valence-electron chi connectivity index (χ4n) is 2.36. The van der Waals surface area contributed by atoms with Gasteiger partial charge in [-0.15, -0.1) is 11.3 Å². The summed E-state index contributed by atoms with van der Waals surface area (Å²) in [4.78, 5) is 24.3. The third kappa shape index (κ3) is 5.92. The lowest BCUT2D eigenvalue weighted by Crippen LogP contribution is -2.23. The van der Waals surface area contributed by atoms with Gasteiger partial charge in [0.2, 0.25) is 0 Å². The van der Waals surface area contributed by atoms with E-state index in [1.165, 1.54) is 36.8 Å². The molecule has 3 rings (SSSR count). The number of nitrogens with zero attached hydrogens (tertiary/aromatic N) is 3. The molecule has 12 heteroatoms. The molecule has 0 radical (unpaired) electrons. The Bertz CT molecular complexity index is 1090. The van der Waals surface area contributed by atoms with Gasteiger partial charge in [-0.1, -0.05) is 6.07 Å². The molecule has 1 amide bonds. The average Bonchev–Trinajstić information content (AvgIpc) is 3.40. The Morgan fingerprint density at radius 1 is 1.26 bits per heavy atom. The lowest BCUT2D eigenvalue weighted by atomic mass is 10.2. The molecule has 2 aromatic heterocycles. The maximum atomic E-state index is 12.5. The van der Waals surface area contributed by atoms with Gasteiger partial charge >= 0.3 is 12.1 Å². The first-order valence-corrected chi connectivity index (χ1v) is 9.50. The molecule has 0 unspecified atom stereocenters. The van der Waals surface area contributed by atoms with E-state index >= 15 is 0 Å². The third-order valence-electron chi connectivity index (χ3n) is 3.75. The molecule has 8 nitrogen and oxygen atoms in total. The highest BCUT2D eigenvalue weighted by Gasteiger charge is 2.33. The zero-order valence-corrected chi connectivity index (χ0v) is 16.7. The van der Waals surface area contributed by atoms with Crippen LogP contribution in [0, 0.1) is 0 Å². The van der Waals surface area contributed by atoms with Crippen molar-refractivity contribution in [2.75, 3.05) is 7.11 Å². The average molecular weight is 452 g/mol. The number of nitrogens with one attached hydrogen (secondary N) is 1. The number of methoxy groups -OCH3 is 1. The van der Waals surface area contributed by atoms with Gasteiger partial charge in [-0.25, -0.2) is 10.2 Å². The summed E-state index contributed by atoms with van der Waals surface area (Å²) in [5, 5.41) is 8.79. The van der Waals surface area contributed by atoms with Crippen molar-refractivity contribution < 1.29 is 32.2 Å². The van der Waals surface area contributed by atoms with Gasteiger partial charge in [-0.3, -0.25) is 9.48 Å². The number of thiophene rings is 1. The van der Waals surface area contributed by atoms with Crippen LogP contribution in [0.1, 0.15) is 20.9 Å². The van der Waals surface area contributed by atoms with Gasteiger partial charge in [0.25, 0.3) is 5.91 Å². The van der Waals surface area contributed by atoms with Crippen molar-refractivity contribution in [3.8, 4) is 11.5 Å². The number of amides is 1. The molecule has 0 bridgehead atoms. The number of hydrogen-bond donors (Lipinski definition) is 1. The van der Waals surface area contributed by atoms with Crippen molar-refractivity contribution in [3.05, 3.63) is 64.1 Å². The second-order valence-electron chi connectivity index (χ2n) is 5.97. The van der Waals surface area contributed by atoms with Gasteiger partial charge < -0.3 is 9.47 Å². The quantitative estimate of drug-likeness (QED) is 0.257. The lowest BCUT2D eigenvalue weighted by molar-refractivity contribution is -0.141. The SMILES string of the molecule is COc1cc(C=NNC(=O)Cn2ccc(C(F)(F)F)n2)ccc1OC(=O)c1cccs1. The molecule has 0 saturated carbocycles. The first kappa shape index (κ1) is 22.0. The van der Waals surface area contributed by atoms with Crippen LogP contribution in [0.2, 0.25) is 0 Å². The maximum absolute atomic E-state index is 12.5. The molecule has 0 spiro atoms. The normalized spacial score (nSPS) is 11.5. The van der Waals surface area contributed by atoms with Gasteiger partial charge in [-0.05, 0) is 41.3 Å². The van der Waals surface area contributed by atoms with E-state index in [9.17, 15) is 22.8 Å². The summed E-state index contributed by atoms with van der Waals surface area (Å²) in [6.07, 6.45) is -2.23. The predicted molar refractivity (Wildman–Crippen MR) is 105 cm³/mol. The van der Waals surface area contributed by atoms with E-state index < -0.39 is 30.3 Å². The molecule has 0 atom stereocenters. The van der Waals surface area contributed by atoms with Gasteiger partial charge in [0, 0.05) is 6.20 Å². The molecule has 1 N–H and O–H groups in total. The molecular weight excluding hydrogens is 437 g/mol. The van der Waals surface area contributed by atoms with E-state index in [0.717, 1.165) is 16.9 Å². The minimum atomic E-state index is -4.58. The number of benzene rings is 1. The first-order chi connectivity index (χ1) is 14.8. The van der Waals surface area contributed by atoms with Crippen molar-refractivity contribution in [1.29, 1.82) is 0 Å². The second-order valence-corrected chi connectivity index (χ2v) is 6.91. The highest BCUT2D eigenvalue weighted by Crippen LogP contribution is 2.29. The number of hydrazone groups is 1. The fraction of sp³-hybridized carbons (Fsp3) is 0.158. The standard InChI is InChI=1S/C19H15F3N4O4S/c1-29-14-9-12(4-5-13(14)30-18(28)15-3-2-8-31-15)10-23-24-17(27)11-26-7-6-16(25-26)19(20,21)22/h2-10H,11H2,1H3,(H,24,27). The topological polar surface area (TPSA) is 94.8 Å². The summed E-state index contributed by atoms with van der Waals surface area (Å²) in [6, 6.07) is 8.77. The van der Waals surface area contributed by atoms with Crippen LogP contribution in [0.15, 0.2) is 53.1 Å². The molecule has 2 heterocycles. The molecule has 1 aromatic carbocycles. The zero-order chi connectivity index (χ0) is 22.4. The maximum Gasteiger partial charge on any atom is 0.435 e. The molecule has 3 aromatic rings. The largest absolute Gasteiger partial charge is 0.493 e. The third-order valence-corrected chi connectivity index (χ3v) is 4.60. The lowest BCUT2D eigenvalue weighted by Gasteiger charge is -2.09. The van der Waals surface area contributed by atoms with Crippen molar-refractivity contribution in [2.45, 2.75) is 12.7 Å². The minimum absolute atomic E-state index is 0.209. The zero-order valence-electron chi connectivity index (χ0n) is 15.9. The molecule has 0 saturated heterocycles. The Kier molecular flexibility index (Phi) is 6.70. The first-order valence-electron chi connectivity index (χ1n) is 8.62. The monoisotopic (exact) mass is 452 g/mol. The number of rotatable bonds is 7. The second kappa shape index (κ2) is 9.43. The van der Waals surface area contributed by atoms with E-state index in [1.807, 2.05) is 0 Å². The summed E-state index contributed by atoms with van der Waals surface area (Å²) in [5.41, 5.74) is 1.63. The summed E-state index contributed by atoms with van der Waals surface area (Å²) in [6.45, 7) is -0.436. The number of carbonyl (C=O) groups is 2. The summed E-state index contributed by atoms with van der Waals surface area (Å²) < 4.78 is 49.0. The van der Waals surface area contributed by atoms with Crippen LogP contribution < -0.4 is 14.9 Å². The number of carbonyl (C=O) groups excluding carboxylic acids is 2. The van der Waals surface area contributed by atoms with E-state index in [1.54, 1.807) is 23.6 Å². The van der Waals surface area contributed by atoms with Crippen LogP contribution in [0.5, 0.6) is 11.5 Å². The van der Waals surface area contributed by atoms with Gasteiger partial charge in [-0.2, -0.15) is 23.4 Å². The van der Waals surface area contributed by atoms with Crippen LogP contribution in [-0.4, -0.2) is 35.0 Å². The van der Waals surface area contributed by atoms with E-state index in [-0.39, 0.29) is 11.5 Å². The van der Waals surface area contributed by atoms with Crippen molar-refractivity contribution in [2.24, 2.45) is 5.10 Å². The number of esters is 1. The van der Waals surface area contributed by atoms with Crippen molar-refractivity contribution in [1.82, 2.24) is 15.2 Å². The molecule has 162 valence electrons.